The Kier molecular flexibility index (Phi) is 5.10. The predicted octanol–water partition coefficient (Wildman–Crippen LogP) is 2.97. The topological polar surface area (TPSA) is 20.3 Å². The van der Waals surface area contributed by atoms with Gasteiger partial charge in [0.25, 0.3) is 0 Å². The molecule has 0 bridgehead atoms. The summed E-state index contributed by atoms with van der Waals surface area (Å²) in [7, 11) is 1.76. The number of carbonyl (C=O) groups is 1. The van der Waals surface area contributed by atoms with E-state index in [1.54, 1.807) is 18.0 Å². The third-order valence-corrected chi connectivity index (χ3v) is 3.39. The summed E-state index contributed by atoms with van der Waals surface area (Å²) in [5.74, 6) is 0.464. The molecule has 1 rings (SSSR count). The molecule has 1 atom stereocenters. The Hall–Kier alpha value is -0.730. The zero-order chi connectivity index (χ0) is 12.1. The van der Waals surface area contributed by atoms with Crippen molar-refractivity contribution in [1.82, 2.24) is 4.90 Å². The first kappa shape index (κ1) is 13.3. The van der Waals surface area contributed by atoms with Crippen molar-refractivity contribution in [3.05, 3.63) is 34.9 Å². The summed E-state index contributed by atoms with van der Waals surface area (Å²) < 4.78 is 0. The number of hydrogen-bond donors (Lipinski definition) is 0. The first-order valence-electron chi connectivity index (χ1n) is 5.11. The average molecular weight is 260 g/mol. The number of carbonyl (C=O) groups excluding carboxylic acids is 1. The second-order valence-corrected chi connectivity index (χ2v) is 4.49. The van der Waals surface area contributed by atoms with Crippen LogP contribution >= 0.6 is 23.2 Å². The zero-order valence-corrected chi connectivity index (χ0v) is 10.9. The van der Waals surface area contributed by atoms with Crippen LogP contribution in [0.5, 0.6) is 0 Å². The fourth-order valence-electron chi connectivity index (χ4n) is 1.28. The number of alkyl halides is 1. The third-order valence-electron chi connectivity index (χ3n) is 2.58. The highest BCUT2D eigenvalue weighted by Crippen LogP contribution is 2.16. The molecule has 0 aromatic heterocycles. The maximum absolute atomic E-state index is 11.9. The van der Waals surface area contributed by atoms with E-state index in [0.29, 0.717) is 17.3 Å². The number of rotatable bonds is 4. The number of halogens is 2. The van der Waals surface area contributed by atoms with E-state index in [2.05, 4.69) is 0 Å². The lowest BCUT2D eigenvalue weighted by atomic mass is 10.1. The van der Waals surface area contributed by atoms with Gasteiger partial charge in [-0.05, 0) is 18.6 Å². The van der Waals surface area contributed by atoms with E-state index in [9.17, 15) is 4.79 Å². The van der Waals surface area contributed by atoms with Crippen LogP contribution < -0.4 is 0 Å². The lowest BCUT2D eigenvalue weighted by Crippen LogP contribution is -2.37. The van der Waals surface area contributed by atoms with Crippen LogP contribution in [0.3, 0.4) is 0 Å². The van der Waals surface area contributed by atoms with E-state index in [4.69, 9.17) is 23.2 Å². The molecule has 1 amide bonds. The van der Waals surface area contributed by atoms with Gasteiger partial charge in [-0.25, -0.2) is 0 Å². The van der Waals surface area contributed by atoms with Gasteiger partial charge in [-0.2, -0.15) is 0 Å². The van der Waals surface area contributed by atoms with E-state index in [1.165, 1.54) is 0 Å². The zero-order valence-electron chi connectivity index (χ0n) is 9.41. The fraction of sp³-hybridized carbons (Fsp3) is 0.417. The molecule has 0 spiro atoms. The van der Waals surface area contributed by atoms with E-state index >= 15 is 0 Å². The summed E-state index contributed by atoms with van der Waals surface area (Å²) in [6.45, 7) is 1.91. The highest BCUT2D eigenvalue weighted by Gasteiger charge is 2.15. The third kappa shape index (κ3) is 3.39. The summed E-state index contributed by atoms with van der Waals surface area (Å²) in [6.07, 6.45) is 0.317. The Balaban J connectivity index is 2.68. The maximum Gasteiger partial charge on any atom is 0.227 e. The molecule has 0 aliphatic heterocycles. The first-order valence-corrected chi connectivity index (χ1v) is 6.02. The quantitative estimate of drug-likeness (QED) is 0.762. The van der Waals surface area contributed by atoms with Gasteiger partial charge in [0, 0.05) is 24.0 Å². The molecule has 0 heterocycles. The molecule has 0 saturated carbocycles. The second kappa shape index (κ2) is 6.12. The molecule has 0 radical (unpaired) electrons. The summed E-state index contributed by atoms with van der Waals surface area (Å²) >= 11 is 11.7. The van der Waals surface area contributed by atoms with Gasteiger partial charge < -0.3 is 4.90 Å². The van der Waals surface area contributed by atoms with Crippen molar-refractivity contribution in [2.75, 3.05) is 12.9 Å². The molecule has 1 aromatic carbocycles. The lowest BCUT2D eigenvalue weighted by molar-refractivity contribution is -0.130. The largest absolute Gasteiger partial charge is 0.342 e. The minimum Gasteiger partial charge on any atom is -0.342 e. The van der Waals surface area contributed by atoms with Crippen LogP contribution in [-0.2, 0) is 11.2 Å². The van der Waals surface area contributed by atoms with Gasteiger partial charge >= 0.3 is 0 Å². The smallest absolute Gasteiger partial charge is 0.227 e. The van der Waals surface area contributed by atoms with Crippen molar-refractivity contribution < 1.29 is 4.79 Å². The van der Waals surface area contributed by atoms with Gasteiger partial charge in [0.2, 0.25) is 5.91 Å². The lowest BCUT2D eigenvalue weighted by Gasteiger charge is -2.23. The van der Waals surface area contributed by atoms with Crippen molar-refractivity contribution in [1.29, 1.82) is 0 Å². The average Bonchev–Trinajstić information content (AvgIpc) is 2.30. The number of benzene rings is 1. The normalized spacial score (nSPS) is 12.2. The van der Waals surface area contributed by atoms with Crippen molar-refractivity contribution in [2.45, 2.75) is 19.4 Å². The summed E-state index contributed by atoms with van der Waals surface area (Å²) in [4.78, 5) is 13.5. The van der Waals surface area contributed by atoms with Crippen LogP contribution in [0.25, 0.3) is 0 Å². The van der Waals surface area contributed by atoms with Gasteiger partial charge in [0.05, 0.1) is 6.42 Å². The highest BCUT2D eigenvalue weighted by molar-refractivity contribution is 6.31. The summed E-state index contributed by atoms with van der Waals surface area (Å²) in [6, 6.07) is 7.41. The van der Waals surface area contributed by atoms with E-state index < -0.39 is 0 Å². The molecule has 0 aliphatic carbocycles. The number of hydrogen-bond acceptors (Lipinski definition) is 1. The van der Waals surface area contributed by atoms with Crippen molar-refractivity contribution in [2.24, 2.45) is 0 Å². The Morgan fingerprint density at radius 2 is 2.06 bits per heavy atom. The number of nitrogens with zero attached hydrogens (tertiary/aromatic N) is 1. The molecule has 1 aromatic rings. The molecular formula is C12H15Cl2NO. The Bertz CT molecular complexity index is 368. The maximum atomic E-state index is 11.9. The van der Waals surface area contributed by atoms with Crippen molar-refractivity contribution >= 4 is 29.1 Å². The van der Waals surface area contributed by atoms with Crippen LogP contribution in [0.2, 0.25) is 5.02 Å². The number of amides is 1. The minimum absolute atomic E-state index is 0.0289. The van der Waals surface area contributed by atoms with Crippen LogP contribution in [0.1, 0.15) is 12.5 Å². The molecule has 88 valence electrons. The molecular weight excluding hydrogens is 245 g/mol. The highest BCUT2D eigenvalue weighted by atomic mass is 35.5. The molecule has 0 fully saturated rings. The number of likely N-dealkylation sites (N-methyl/N-ethyl adjacent to an activating group) is 1. The Labute approximate surface area is 106 Å². The van der Waals surface area contributed by atoms with Crippen LogP contribution in [0.15, 0.2) is 24.3 Å². The van der Waals surface area contributed by atoms with E-state index in [1.807, 2.05) is 25.1 Å². The molecule has 4 heteroatoms. The van der Waals surface area contributed by atoms with Crippen molar-refractivity contribution in [3.8, 4) is 0 Å². The summed E-state index contributed by atoms with van der Waals surface area (Å²) in [5.41, 5.74) is 0.850. The molecule has 1 unspecified atom stereocenters. The monoisotopic (exact) mass is 259 g/mol. The van der Waals surface area contributed by atoms with Gasteiger partial charge in [0.1, 0.15) is 0 Å². The van der Waals surface area contributed by atoms with Crippen LogP contribution in [0, 0.1) is 0 Å². The van der Waals surface area contributed by atoms with Crippen LogP contribution in [-0.4, -0.2) is 29.8 Å². The SMILES string of the molecule is CC(CCl)N(C)C(=O)Cc1ccccc1Cl. The Morgan fingerprint density at radius 3 is 2.62 bits per heavy atom. The van der Waals surface area contributed by atoms with Gasteiger partial charge in [-0.1, -0.05) is 29.8 Å². The standard InChI is InChI=1S/C12H15Cl2NO/c1-9(8-13)15(2)12(16)7-10-5-3-4-6-11(10)14/h3-6,9H,7-8H2,1-2H3. The van der Waals surface area contributed by atoms with E-state index in [-0.39, 0.29) is 11.9 Å². The van der Waals surface area contributed by atoms with Crippen molar-refractivity contribution in [3.63, 3.8) is 0 Å². The van der Waals surface area contributed by atoms with Gasteiger partial charge in [0.15, 0.2) is 0 Å². The first-order chi connectivity index (χ1) is 7.56. The molecule has 16 heavy (non-hydrogen) atoms. The Morgan fingerprint density at radius 1 is 1.44 bits per heavy atom. The molecule has 0 N–H and O–H groups in total. The van der Waals surface area contributed by atoms with Crippen LogP contribution in [0.4, 0.5) is 0 Å². The molecule has 0 aliphatic rings. The second-order valence-electron chi connectivity index (χ2n) is 3.78. The van der Waals surface area contributed by atoms with E-state index in [0.717, 1.165) is 5.56 Å². The molecule has 2 nitrogen and oxygen atoms in total. The summed E-state index contributed by atoms with van der Waals surface area (Å²) in [5, 5.41) is 0.628. The molecule has 0 saturated heterocycles. The predicted molar refractivity (Wildman–Crippen MR) is 68.1 cm³/mol. The fourth-order valence-corrected chi connectivity index (χ4v) is 1.69. The van der Waals surface area contributed by atoms with Gasteiger partial charge in [-0.15, -0.1) is 11.6 Å². The van der Waals surface area contributed by atoms with Gasteiger partial charge in [-0.3, -0.25) is 4.79 Å². The minimum atomic E-state index is 0.0289.